The first-order chi connectivity index (χ1) is 9.61. The van der Waals surface area contributed by atoms with E-state index in [2.05, 4.69) is 0 Å². The van der Waals surface area contributed by atoms with Crippen LogP contribution in [0.5, 0.6) is 17.2 Å². The van der Waals surface area contributed by atoms with Gasteiger partial charge in [-0.25, -0.2) is 0 Å². The maximum atomic E-state index is 9.35. The van der Waals surface area contributed by atoms with Gasteiger partial charge in [-0.3, -0.25) is 0 Å². The number of phenolic OH excluding ortho intramolecular Hbond substituents is 1. The Morgan fingerprint density at radius 1 is 1.25 bits per heavy atom. The number of ether oxygens (including phenoxy) is 2. The van der Waals surface area contributed by atoms with Gasteiger partial charge in [0.2, 0.25) is 0 Å². The lowest BCUT2D eigenvalue weighted by atomic mass is 10.2. The zero-order chi connectivity index (χ0) is 14.5. The van der Waals surface area contributed by atoms with Crippen LogP contribution in [-0.4, -0.2) is 5.11 Å². The molecule has 0 fully saturated rings. The van der Waals surface area contributed by atoms with Crippen molar-refractivity contribution in [2.45, 2.75) is 13.5 Å². The van der Waals surface area contributed by atoms with Crippen LogP contribution in [0.15, 0.2) is 36.4 Å². The van der Waals surface area contributed by atoms with Gasteiger partial charge in [0.25, 0.3) is 6.26 Å². The van der Waals surface area contributed by atoms with Gasteiger partial charge in [0.15, 0.2) is 0 Å². The Kier molecular flexibility index (Phi) is 4.34. The SMILES string of the molecule is Cc1cc(O)ccc1OCc1c(Cl)cccc1OC#N. The second-order valence-electron chi connectivity index (χ2n) is 4.15. The van der Waals surface area contributed by atoms with Crippen LogP contribution in [-0.2, 0) is 6.61 Å². The van der Waals surface area contributed by atoms with Crippen molar-refractivity contribution in [3.63, 3.8) is 0 Å². The molecule has 0 saturated heterocycles. The summed E-state index contributed by atoms with van der Waals surface area (Å²) in [6.45, 7) is 2.00. The number of hydrogen-bond donors (Lipinski definition) is 1. The Balaban J connectivity index is 2.20. The van der Waals surface area contributed by atoms with Gasteiger partial charge in [-0.05, 0) is 42.8 Å². The normalized spacial score (nSPS) is 9.85. The van der Waals surface area contributed by atoms with Gasteiger partial charge in [-0.1, -0.05) is 17.7 Å². The molecule has 2 aromatic carbocycles. The number of nitriles is 1. The summed E-state index contributed by atoms with van der Waals surface area (Å²) in [5, 5.41) is 18.4. The molecule has 0 spiro atoms. The largest absolute Gasteiger partial charge is 0.508 e. The maximum Gasteiger partial charge on any atom is 0.292 e. The van der Waals surface area contributed by atoms with Crippen molar-refractivity contribution in [3.8, 4) is 23.5 Å². The summed E-state index contributed by atoms with van der Waals surface area (Å²) in [7, 11) is 0. The molecule has 0 amide bonds. The van der Waals surface area contributed by atoms with Crippen LogP contribution >= 0.6 is 11.6 Å². The highest BCUT2D eigenvalue weighted by Crippen LogP contribution is 2.29. The van der Waals surface area contributed by atoms with E-state index in [1.54, 1.807) is 42.7 Å². The van der Waals surface area contributed by atoms with Crippen molar-refractivity contribution < 1.29 is 14.6 Å². The van der Waals surface area contributed by atoms with Crippen molar-refractivity contribution >= 4 is 11.6 Å². The molecule has 0 bridgehead atoms. The maximum absolute atomic E-state index is 9.35. The van der Waals surface area contributed by atoms with E-state index < -0.39 is 0 Å². The lowest BCUT2D eigenvalue weighted by Gasteiger charge is -2.12. The molecule has 0 radical (unpaired) electrons. The smallest absolute Gasteiger partial charge is 0.292 e. The molecule has 0 heterocycles. The number of aryl methyl sites for hydroxylation is 1. The highest BCUT2D eigenvalue weighted by atomic mass is 35.5. The molecule has 0 aliphatic rings. The Labute approximate surface area is 121 Å². The third kappa shape index (κ3) is 3.14. The molecule has 0 aliphatic heterocycles. The van der Waals surface area contributed by atoms with E-state index in [0.29, 0.717) is 22.1 Å². The van der Waals surface area contributed by atoms with E-state index in [1.807, 2.05) is 6.92 Å². The molecule has 0 aromatic heterocycles. The van der Waals surface area contributed by atoms with E-state index in [4.69, 9.17) is 26.3 Å². The van der Waals surface area contributed by atoms with Crippen LogP contribution in [0.1, 0.15) is 11.1 Å². The van der Waals surface area contributed by atoms with Gasteiger partial charge < -0.3 is 14.6 Å². The Bertz CT molecular complexity index is 665. The molecule has 0 atom stereocenters. The fourth-order valence-electron chi connectivity index (χ4n) is 1.77. The van der Waals surface area contributed by atoms with Crippen LogP contribution < -0.4 is 9.47 Å². The highest BCUT2D eigenvalue weighted by Gasteiger charge is 2.10. The summed E-state index contributed by atoms with van der Waals surface area (Å²) in [5.74, 6) is 1.18. The first kappa shape index (κ1) is 14.0. The quantitative estimate of drug-likeness (QED) is 0.870. The average molecular weight is 290 g/mol. The minimum atomic E-state index is 0.169. The van der Waals surface area contributed by atoms with E-state index in [1.165, 1.54) is 0 Å². The molecule has 2 aromatic rings. The number of nitrogens with zero attached hydrogens (tertiary/aromatic N) is 1. The molecule has 4 nitrogen and oxygen atoms in total. The molecule has 20 heavy (non-hydrogen) atoms. The van der Waals surface area contributed by atoms with Crippen molar-refractivity contribution in [2.75, 3.05) is 0 Å². The number of aromatic hydroxyl groups is 1. The minimum Gasteiger partial charge on any atom is -0.508 e. The zero-order valence-electron chi connectivity index (χ0n) is 10.8. The predicted molar refractivity (Wildman–Crippen MR) is 74.9 cm³/mol. The van der Waals surface area contributed by atoms with Crippen molar-refractivity contribution in [1.29, 1.82) is 5.26 Å². The van der Waals surface area contributed by atoms with Gasteiger partial charge in [0.1, 0.15) is 23.9 Å². The number of halogens is 1. The summed E-state index contributed by atoms with van der Waals surface area (Å²) in [6.07, 6.45) is 1.62. The minimum absolute atomic E-state index is 0.169. The lowest BCUT2D eigenvalue weighted by molar-refractivity contribution is 0.298. The number of phenols is 1. The third-order valence-electron chi connectivity index (χ3n) is 2.76. The summed E-state index contributed by atoms with van der Waals surface area (Å²) in [5.41, 5.74) is 1.41. The predicted octanol–water partition coefficient (Wildman–Crippen LogP) is 3.79. The number of hydrogen-bond acceptors (Lipinski definition) is 4. The highest BCUT2D eigenvalue weighted by molar-refractivity contribution is 6.31. The number of rotatable bonds is 4. The molecule has 0 aliphatic carbocycles. The van der Waals surface area contributed by atoms with E-state index in [9.17, 15) is 5.11 Å². The zero-order valence-corrected chi connectivity index (χ0v) is 11.5. The van der Waals surface area contributed by atoms with E-state index in [-0.39, 0.29) is 12.4 Å². The molecule has 0 unspecified atom stereocenters. The molecule has 102 valence electrons. The molecular weight excluding hydrogens is 278 g/mol. The van der Waals surface area contributed by atoms with Crippen molar-refractivity contribution in [3.05, 3.63) is 52.5 Å². The molecule has 1 N–H and O–H groups in total. The molecular formula is C15H12ClNO3. The fourth-order valence-corrected chi connectivity index (χ4v) is 1.99. The molecule has 5 heteroatoms. The molecule has 2 rings (SSSR count). The van der Waals surface area contributed by atoms with Crippen molar-refractivity contribution in [2.24, 2.45) is 0 Å². The first-order valence-corrected chi connectivity index (χ1v) is 6.25. The van der Waals surface area contributed by atoms with Crippen LogP contribution in [0, 0.1) is 18.4 Å². The average Bonchev–Trinajstić information content (AvgIpc) is 2.40. The molecule has 0 saturated carbocycles. The van der Waals surface area contributed by atoms with E-state index >= 15 is 0 Å². The topological polar surface area (TPSA) is 62.5 Å². The van der Waals surface area contributed by atoms with Crippen LogP contribution in [0.2, 0.25) is 5.02 Å². The van der Waals surface area contributed by atoms with Gasteiger partial charge >= 0.3 is 0 Å². The summed E-state index contributed by atoms with van der Waals surface area (Å²) < 4.78 is 10.5. The lowest BCUT2D eigenvalue weighted by Crippen LogP contribution is -2.00. The number of benzene rings is 2. The monoisotopic (exact) mass is 289 g/mol. The van der Waals surface area contributed by atoms with Crippen LogP contribution in [0.4, 0.5) is 0 Å². The second-order valence-corrected chi connectivity index (χ2v) is 4.56. The summed E-state index contributed by atoms with van der Waals surface area (Å²) in [4.78, 5) is 0. The Morgan fingerprint density at radius 2 is 2.05 bits per heavy atom. The Hall–Kier alpha value is -2.38. The van der Waals surface area contributed by atoms with Crippen molar-refractivity contribution in [1.82, 2.24) is 0 Å². The van der Waals surface area contributed by atoms with Crippen LogP contribution in [0.25, 0.3) is 0 Å². The third-order valence-corrected chi connectivity index (χ3v) is 3.12. The van der Waals surface area contributed by atoms with E-state index in [0.717, 1.165) is 5.56 Å². The standard InChI is InChI=1S/C15H12ClNO3/c1-10-7-11(18)5-6-14(10)19-8-12-13(16)3-2-4-15(12)20-9-17/h2-7,18H,8H2,1H3. The van der Waals surface area contributed by atoms with Gasteiger partial charge in [0.05, 0.1) is 10.6 Å². The van der Waals surface area contributed by atoms with Crippen LogP contribution in [0.3, 0.4) is 0 Å². The summed E-state index contributed by atoms with van der Waals surface area (Å²) in [6, 6.07) is 9.87. The fraction of sp³-hybridized carbons (Fsp3) is 0.133. The second kappa shape index (κ2) is 6.18. The van der Waals surface area contributed by atoms with Gasteiger partial charge in [-0.2, -0.15) is 0 Å². The first-order valence-electron chi connectivity index (χ1n) is 5.87. The van der Waals surface area contributed by atoms with Gasteiger partial charge in [-0.15, -0.1) is 5.26 Å². The Morgan fingerprint density at radius 3 is 2.75 bits per heavy atom. The summed E-state index contributed by atoms with van der Waals surface area (Å²) >= 11 is 6.09. The van der Waals surface area contributed by atoms with Gasteiger partial charge in [0, 0.05) is 0 Å².